The maximum atomic E-state index is 13.2. The number of benzene rings is 2. The smallest absolute Gasteiger partial charge is 0.335 e. The van der Waals surface area contributed by atoms with E-state index in [1.807, 2.05) is 0 Å². The molecule has 0 aliphatic carbocycles. The van der Waals surface area contributed by atoms with Crippen LogP contribution in [0.25, 0.3) is 0 Å². The van der Waals surface area contributed by atoms with E-state index in [0.29, 0.717) is 17.0 Å². The standard InChI is InChI=1S/C15H14FNO4/c1-21-14-3-2-10(15(19)20)6-13(14)17-8-9-4-11(16)7-12(18)5-9/h2-7,17-18H,8H2,1H3,(H,19,20). The number of rotatable bonds is 5. The Bertz CT molecular complexity index is 652. The number of carboxylic acid groups (broad SMARTS) is 1. The number of methoxy groups -OCH3 is 1. The lowest BCUT2D eigenvalue weighted by molar-refractivity contribution is 0.0697. The van der Waals surface area contributed by atoms with Crippen LogP contribution in [-0.2, 0) is 6.54 Å². The van der Waals surface area contributed by atoms with Gasteiger partial charge in [0.25, 0.3) is 0 Å². The number of hydrogen-bond donors (Lipinski definition) is 3. The summed E-state index contributed by atoms with van der Waals surface area (Å²) in [7, 11) is 1.47. The van der Waals surface area contributed by atoms with Gasteiger partial charge in [-0.05, 0) is 35.9 Å². The highest BCUT2D eigenvalue weighted by Crippen LogP contribution is 2.26. The lowest BCUT2D eigenvalue weighted by Gasteiger charge is -2.12. The fourth-order valence-corrected chi connectivity index (χ4v) is 1.91. The summed E-state index contributed by atoms with van der Waals surface area (Å²) in [5.74, 6) is -1.29. The van der Waals surface area contributed by atoms with Gasteiger partial charge in [0.15, 0.2) is 0 Å². The van der Waals surface area contributed by atoms with Crippen molar-refractivity contribution in [3.05, 3.63) is 53.3 Å². The predicted molar refractivity (Wildman–Crippen MR) is 75.3 cm³/mol. The molecule has 0 unspecified atom stereocenters. The van der Waals surface area contributed by atoms with Crippen molar-refractivity contribution < 1.29 is 24.1 Å². The highest BCUT2D eigenvalue weighted by atomic mass is 19.1. The van der Waals surface area contributed by atoms with Crippen molar-refractivity contribution in [3.8, 4) is 11.5 Å². The average molecular weight is 291 g/mol. The molecule has 0 heterocycles. The molecule has 21 heavy (non-hydrogen) atoms. The van der Waals surface area contributed by atoms with Crippen LogP contribution in [0.3, 0.4) is 0 Å². The predicted octanol–water partition coefficient (Wildman–Crippen LogP) is 2.85. The van der Waals surface area contributed by atoms with Gasteiger partial charge in [-0.3, -0.25) is 0 Å². The third kappa shape index (κ3) is 3.62. The maximum Gasteiger partial charge on any atom is 0.335 e. The van der Waals surface area contributed by atoms with E-state index in [2.05, 4.69) is 5.32 Å². The first-order valence-corrected chi connectivity index (χ1v) is 6.13. The molecule has 6 heteroatoms. The van der Waals surface area contributed by atoms with Gasteiger partial charge in [0.05, 0.1) is 18.4 Å². The lowest BCUT2D eigenvalue weighted by atomic mass is 10.1. The van der Waals surface area contributed by atoms with Crippen LogP contribution in [0.4, 0.5) is 10.1 Å². The Kier molecular flexibility index (Phi) is 4.27. The van der Waals surface area contributed by atoms with Gasteiger partial charge in [0.2, 0.25) is 0 Å². The molecule has 0 atom stereocenters. The largest absolute Gasteiger partial charge is 0.508 e. The van der Waals surface area contributed by atoms with Gasteiger partial charge in [0, 0.05) is 12.6 Å². The number of aromatic hydroxyl groups is 1. The molecule has 110 valence electrons. The summed E-state index contributed by atoms with van der Waals surface area (Å²) in [4.78, 5) is 11.0. The van der Waals surface area contributed by atoms with E-state index in [4.69, 9.17) is 9.84 Å². The van der Waals surface area contributed by atoms with Crippen LogP contribution in [0.1, 0.15) is 15.9 Å². The van der Waals surface area contributed by atoms with Crippen molar-refractivity contribution >= 4 is 11.7 Å². The second kappa shape index (κ2) is 6.13. The van der Waals surface area contributed by atoms with Crippen LogP contribution in [-0.4, -0.2) is 23.3 Å². The fraction of sp³-hybridized carbons (Fsp3) is 0.133. The quantitative estimate of drug-likeness (QED) is 0.789. The minimum Gasteiger partial charge on any atom is -0.508 e. The summed E-state index contributed by atoms with van der Waals surface area (Å²) in [5.41, 5.74) is 1.11. The molecule has 0 aliphatic rings. The first-order chi connectivity index (χ1) is 9.99. The lowest BCUT2D eigenvalue weighted by Crippen LogP contribution is -2.04. The van der Waals surface area contributed by atoms with Crippen molar-refractivity contribution in [3.63, 3.8) is 0 Å². The van der Waals surface area contributed by atoms with E-state index >= 15 is 0 Å². The first-order valence-electron chi connectivity index (χ1n) is 6.13. The third-order valence-electron chi connectivity index (χ3n) is 2.87. The zero-order chi connectivity index (χ0) is 15.4. The number of phenolic OH excluding ortho intramolecular Hbond substituents is 1. The highest BCUT2D eigenvalue weighted by molar-refractivity contribution is 5.89. The summed E-state index contributed by atoms with van der Waals surface area (Å²) >= 11 is 0. The number of carbonyl (C=O) groups is 1. The molecular weight excluding hydrogens is 277 g/mol. The Balaban J connectivity index is 2.21. The minimum atomic E-state index is -1.05. The molecule has 0 amide bonds. The van der Waals surface area contributed by atoms with Crippen molar-refractivity contribution in [2.45, 2.75) is 6.54 Å². The van der Waals surface area contributed by atoms with Gasteiger partial charge in [-0.2, -0.15) is 0 Å². The van der Waals surface area contributed by atoms with Crippen molar-refractivity contribution in [1.82, 2.24) is 0 Å². The van der Waals surface area contributed by atoms with Crippen LogP contribution in [0.2, 0.25) is 0 Å². The molecule has 3 N–H and O–H groups in total. The fourth-order valence-electron chi connectivity index (χ4n) is 1.91. The Morgan fingerprint density at radius 2 is 2.05 bits per heavy atom. The minimum absolute atomic E-state index is 0.111. The number of ether oxygens (including phenoxy) is 1. The van der Waals surface area contributed by atoms with Crippen molar-refractivity contribution in [2.75, 3.05) is 12.4 Å². The van der Waals surface area contributed by atoms with Crippen LogP contribution in [0.5, 0.6) is 11.5 Å². The van der Waals surface area contributed by atoms with Crippen molar-refractivity contribution in [1.29, 1.82) is 0 Å². The van der Waals surface area contributed by atoms with Gasteiger partial charge in [-0.1, -0.05) is 0 Å². The van der Waals surface area contributed by atoms with Gasteiger partial charge in [-0.15, -0.1) is 0 Å². The molecule has 0 bridgehead atoms. The Morgan fingerprint density at radius 1 is 1.29 bits per heavy atom. The summed E-state index contributed by atoms with van der Waals surface area (Å²) in [6.45, 7) is 0.213. The topological polar surface area (TPSA) is 78.8 Å². The molecule has 0 saturated carbocycles. The van der Waals surface area contributed by atoms with E-state index in [-0.39, 0.29) is 17.9 Å². The van der Waals surface area contributed by atoms with Gasteiger partial charge in [0.1, 0.15) is 17.3 Å². The average Bonchev–Trinajstić information content (AvgIpc) is 2.43. The number of aromatic carboxylic acids is 1. The zero-order valence-corrected chi connectivity index (χ0v) is 11.3. The van der Waals surface area contributed by atoms with E-state index in [1.165, 1.54) is 37.4 Å². The molecular formula is C15H14FNO4. The van der Waals surface area contributed by atoms with Crippen LogP contribution < -0.4 is 10.1 Å². The molecule has 0 spiro atoms. The monoisotopic (exact) mass is 291 g/mol. The number of halogens is 1. The number of hydrogen-bond acceptors (Lipinski definition) is 4. The summed E-state index contributed by atoms with van der Waals surface area (Å²) < 4.78 is 18.3. The molecule has 2 aromatic carbocycles. The second-order valence-electron chi connectivity index (χ2n) is 4.39. The van der Waals surface area contributed by atoms with Gasteiger partial charge >= 0.3 is 5.97 Å². The Hall–Kier alpha value is -2.76. The summed E-state index contributed by atoms with van der Waals surface area (Å²) in [5, 5.41) is 21.3. The Labute approximate surface area is 120 Å². The molecule has 0 aromatic heterocycles. The van der Waals surface area contributed by atoms with Crippen molar-refractivity contribution in [2.24, 2.45) is 0 Å². The molecule has 0 saturated heterocycles. The molecule has 2 aromatic rings. The van der Waals surface area contributed by atoms with E-state index in [1.54, 1.807) is 0 Å². The molecule has 0 fully saturated rings. The number of nitrogens with one attached hydrogen (secondary N) is 1. The summed E-state index contributed by atoms with van der Waals surface area (Å²) in [6, 6.07) is 8.11. The zero-order valence-electron chi connectivity index (χ0n) is 11.3. The van der Waals surface area contributed by atoms with Gasteiger partial charge < -0.3 is 20.3 Å². The number of anilines is 1. The third-order valence-corrected chi connectivity index (χ3v) is 2.87. The molecule has 0 radical (unpaired) electrons. The van der Waals surface area contributed by atoms with Gasteiger partial charge in [-0.25, -0.2) is 9.18 Å². The van der Waals surface area contributed by atoms with Crippen LogP contribution in [0.15, 0.2) is 36.4 Å². The van der Waals surface area contributed by atoms with E-state index in [0.717, 1.165) is 6.07 Å². The first kappa shape index (κ1) is 14.6. The number of phenols is 1. The van der Waals surface area contributed by atoms with E-state index in [9.17, 15) is 14.3 Å². The molecule has 2 rings (SSSR count). The molecule has 5 nitrogen and oxygen atoms in total. The van der Waals surface area contributed by atoms with Crippen LogP contribution in [0, 0.1) is 5.82 Å². The van der Waals surface area contributed by atoms with E-state index < -0.39 is 11.8 Å². The normalized spacial score (nSPS) is 10.2. The Morgan fingerprint density at radius 3 is 2.67 bits per heavy atom. The SMILES string of the molecule is COc1ccc(C(=O)O)cc1NCc1cc(O)cc(F)c1. The number of carboxylic acids is 1. The second-order valence-corrected chi connectivity index (χ2v) is 4.39. The van der Waals surface area contributed by atoms with Crippen LogP contribution >= 0.6 is 0 Å². The highest BCUT2D eigenvalue weighted by Gasteiger charge is 2.09. The molecule has 0 aliphatic heterocycles. The summed E-state index contributed by atoms with van der Waals surface area (Å²) in [6.07, 6.45) is 0. The maximum absolute atomic E-state index is 13.2.